The highest BCUT2D eigenvalue weighted by molar-refractivity contribution is 7.90. The van der Waals surface area contributed by atoms with Crippen molar-refractivity contribution in [2.24, 2.45) is 0 Å². The Balaban J connectivity index is 1.85. The van der Waals surface area contributed by atoms with Gasteiger partial charge in [0.15, 0.2) is 0 Å². The van der Waals surface area contributed by atoms with E-state index in [4.69, 9.17) is 21.4 Å². The maximum absolute atomic E-state index is 13.5. The van der Waals surface area contributed by atoms with Gasteiger partial charge in [-0.1, -0.05) is 23.7 Å². The number of carboxylic acids is 1. The molecule has 0 saturated heterocycles. The van der Waals surface area contributed by atoms with E-state index in [2.05, 4.69) is 4.98 Å². The van der Waals surface area contributed by atoms with Crippen molar-refractivity contribution in [2.75, 3.05) is 7.11 Å². The lowest BCUT2D eigenvalue weighted by molar-refractivity contribution is 0.0697. The number of hydrogen-bond acceptors (Lipinski definition) is 5. The van der Waals surface area contributed by atoms with Gasteiger partial charge in [0, 0.05) is 28.6 Å². The third kappa shape index (κ3) is 3.99. The predicted molar refractivity (Wildman–Crippen MR) is 117 cm³/mol. The highest BCUT2D eigenvalue weighted by Gasteiger charge is 2.24. The number of rotatable bonds is 6. The maximum Gasteiger partial charge on any atom is 0.335 e. The Labute approximate surface area is 183 Å². The smallest absolute Gasteiger partial charge is 0.335 e. The van der Waals surface area contributed by atoms with Crippen molar-refractivity contribution >= 4 is 38.5 Å². The summed E-state index contributed by atoms with van der Waals surface area (Å²) >= 11 is 6.11. The Hall–Kier alpha value is -3.36. The molecule has 4 rings (SSSR count). The molecule has 0 spiro atoms. The van der Waals surface area contributed by atoms with Crippen LogP contribution in [0.3, 0.4) is 0 Å². The maximum atomic E-state index is 13.5. The van der Waals surface area contributed by atoms with Gasteiger partial charge in [0.2, 0.25) is 5.88 Å². The van der Waals surface area contributed by atoms with Crippen molar-refractivity contribution in [2.45, 2.75) is 11.3 Å². The van der Waals surface area contributed by atoms with Crippen LogP contribution in [0.4, 0.5) is 0 Å². The van der Waals surface area contributed by atoms with Crippen molar-refractivity contribution in [3.05, 3.63) is 88.7 Å². The summed E-state index contributed by atoms with van der Waals surface area (Å²) < 4.78 is 33.3. The number of fused-ring (bicyclic) bond motifs is 1. The molecule has 7 nitrogen and oxygen atoms in total. The third-order valence-electron chi connectivity index (χ3n) is 4.83. The van der Waals surface area contributed by atoms with E-state index in [0.717, 1.165) is 5.56 Å². The van der Waals surface area contributed by atoms with Crippen molar-refractivity contribution in [1.29, 1.82) is 0 Å². The van der Waals surface area contributed by atoms with Gasteiger partial charge in [-0.3, -0.25) is 0 Å². The second-order valence-electron chi connectivity index (χ2n) is 6.82. The van der Waals surface area contributed by atoms with Crippen molar-refractivity contribution in [3.8, 4) is 5.88 Å². The van der Waals surface area contributed by atoms with E-state index in [1.165, 1.54) is 41.5 Å². The molecule has 31 heavy (non-hydrogen) atoms. The number of aromatic nitrogens is 2. The summed E-state index contributed by atoms with van der Waals surface area (Å²) in [7, 11) is -2.52. The molecule has 4 aromatic rings. The molecule has 158 valence electrons. The summed E-state index contributed by atoms with van der Waals surface area (Å²) in [6.07, 6.45) is 1.52. The van der Waals surface area contributed by atoms with Gasteiger partial charge in [-0.15, -0.1) is 0 Å². The number of halogens is 1. The molecule has 0 atom stereocenters. The average molecular weight is 457 g/mol. The molecule has 0 saturated carbocycles. The van der Waals surface area contributed by atoms with Crippen LogP contribution >= 0.6 is 11.6 Å². The Kier molecular flexibility index (Phi) is 5.43. The second kappa shape index (κ2) is 8.05. The van der Waals surface area contributed by atoms with Crippen LogP contribution in [0.1, 0.15) is 21.6 Å². The zero-order valence-corrected chi connectivity index (χ0v) is 17.9. The minimum Gasteiger partial charge on any atom is -0.481 e. The highest BCUT2D eigenvalue weighted by atomic mass is 35.5. The van der Waals surface area contributed by atoms with Crippen molar-refractivity contribution < 1.29 is 23.1 Å². The molecule has 0 unspecified atom stereocenters. The Bertz CT molecular complexity index is 1380. The Morgan fingerprint density at radius 1 is 1.10 bits per heavy atom. The first-order valence-corrected chi connectivity index (χ1v) is 11.0. The fraction of sp³-hybridized carbons (Fsp3) is 0.0909. The van der Waals surface area contributed by atoms with Crippen LogP contribution in [0.15, 0.2) is 71.8 Å². The van der Waals surface area contributed by atoms with Gasteiger partial charge in [0.25, 0.3) is 10.0 Å². The van der Waals surface area contributed by atoms with Crippen LogP contribution in [0, 0.1) is 0 Å². The van der Waals surface area contributed by atoms with Gasteiger partial charge < -0.3 is 9.84 Å². The van der Waals surface area contributed by atoms with E-state index < -0.39 is 16.0 Å². The van der Waals surface area contributed by atoms with Crippen molar-refractivity contribution in [3.63, 3.8) is 0 Å². The minimum absolute atomic E-state index is 0.0169. The molecular weight excluding hydrogens is 440 g/mol. The summed E-state index contributed by atoms with van der Waals surface area (Å²) in [6, 6.07) is 16.0. The quantitative estimate of drug-likeness (QED) is 0.466. The number of methoxy groups -OCH3 is 1. The molecule has 0 amide bonds. The topological polar surface area (TPSA) is 98.5 Å². The molecule has 2 aromatic heterocycles. The van der Waals surface area contributed by atoms with Gasteiger partial charge >= 0.3 is 5.97 Å². The number of pyridine rings is 1. The van der Waals surface area contributed by atoms with Gasteiger partial charge in [-0.05, 0) is 48.0 Å². The molecule has 2 heterocycles. The molecular formula is C22H17ClN2O5S. The van der Waals surface area contributed by atoms with Gasteiger partial charge in [0.1, 0.15) is 4.90 Å². The zero-order chi connectivity index (χ0) is 22.2. The number of benzene rings is 2. The molecule has 0 aliphatic rings. The molecule has 9 heteroatoms. The highest BCUT2D eigenvalue weighted by Crippen LogP contribution is 2.29. The van der Waals surface area contributed by atoms with Crippen LogP contribution in [-0.4, -0.2) is 35.6 Å². The predicted octanol–water partition coefficient (Wildman–Crippen LogP) is 4.22. The molecule has 2 aromatic carbocycles. The minimum atomic E-state index is -3.97. The lowest BCUT2D eigenvalue weighted by Crippen LogP contribution is -2.16. The molecule has 1 N–H and O–H groups in total. The average Bonchev–Trinajstić information content (AvgIpc) is 3.11. The Morgan fingerprint density at radius 3 is 2.45 bits per heavy atom. The first-order chi connectivity index (χ1) is 14.8. The van der Waals surface area contributed by atoms with Gasteiger partial charge in [-0.2, -0.15) is 0 Å². The molecule has 0 bridgehead atoms. The largest absolute Gasteiger partial charge is 0.481 e. The monoisotopic (exact) mass is 456 g/mol. The number of hydrogen-bond donors (Lipinski definition) is 1. The van der Waals surface area contributed by atoms with Crippen LogP contribution in [0.25, 0.3) is 10.9 Å². The van der Waals surface area contributed by atoms with E-state index in [1.807, 2.05) is 0 Å². The van der Waals surface area contributed by atoms with E-state index in [9.17, 15) is 13.2 Å². The summed E-state index contributed by atoms with van der Waals surface area (Å²) in [5, 5.41) is 10.3. The summed E-state index contributed by atoms with van der Waals surface area (Å²) in [5.41, 5.74) is 1.92. The summed E-state index contributed by atoms with van der Waals surface area (Å²) in [6.45, 7) is 0. The summed E-state index contributed by atoms with van der Waals surface area (Å²) in [4.78, 5) is 15.1. The number of aromatic carboxylic acids is 1. The second-order valence-corrected chi connectivity index (χ2v) is 9.05. The summed E-state index contributed by atoms with van der Waals surface area (Å²) in [5.74, 6) is -0.716. The fourth-order valence-electron chi connectivity index (χ4n) is 3.35. The zero-order valence-electron chi connectivity index (χ0n) is 16.3. The number of ether oxygens (including phenoxy) is 1. The first kappa shape index (κ1) is 20.9. The van der Waals surface area contributed by atoms with Crippen molar-refractivity contribution in [1.82, 2.24) is 8.96 Å². The normalized spacial score (nSPS) is 11.5. The lowest BCUT2D eigenvalue weighted by atomic mass is 10.1. The number of carbonyl (C=O) groups is 1. The molecule has 0 aliphatic carbocycles. The lowest BCUT2D eigenvalue weighted by Gasteiger charge is -2.12. The first-order valence-electron chi connectivity index (χ1n) is 9.17. The van der Waals surface area contributed by atoms with Gasteiger partial charge in [-0.25, -0.2) is 22.2 Å². The van der Waals surface area contributed by atoms with Crippen LogP contribution < -0.4 is 4.74 Å². The molecule has 0 aliphatic heterocycles. The molecule has 0 radical (unpaired) electrons. The van der Waals surface area contributed by atoms with E-state index in [0.29, 0.717) is 27.5 Å². The Morgan fingerprint density at radius 2 is 1.84 bits per heavy atom. The molecule has 0 fully saturated rings. The van der Waals surface area contributed by atoms with E-state index >= 15 is 0 Å². The number of carboxylic acid groups (broad SMARTS) is 1. The van der Waals surface area contributed by atoms with Crippen LogP contribution in [0.2, 0.25) is 5.02 Å². The fourth-order valence-corrected chi connectivity index (χ4v) is 5.01. The van der Waals surface area contributed by atoms with Gasteiger partial charge in [0.05, 0.1) is 24.4 Å². The third-order valence-corrected chi connectivity index (χ3v) is 6.82. The van der Waals surface area contributed by atoms with Crippen LogP contribution in [0.5, 0.6) is 5.88 Å². The van der Waals surface area contributed by atoms with Crippen LogP contribution in [-0.2, 0) is 16.4 Å². The van der Waals surface area contributed by atoms with E-state index in [-0.39, 0.29) is 16.9 Å². The number of nitrogens with zero attached hydrogens (tertiary/aromatic N) is 2. The van der Waals surface area contributed by atoms with E-state index in [1.54, 1.807) is 36.4 Å². The SMILES string of the molecule is COc1ccc(S(=O)(=O)n2c(Cc3ccc(C(=O)O)cc3)cc3cc(Cl)ccc32)cn1. The standard InChI is InChI=1S/C22H17ClN2O5S/c1-30-21-9-7-19(13-24-21)31(28,29)25-18(12-16-11-17(23)6-8-20(16)25)10-14-2-4-15(5-3-14)22(26)27/h2-9,11-13H,10H2,1H3,(H,26,27).